The highest BCUT2D eigenvalue weighted by molar-refractivity contribution is 6.36. The molecule has 2 amide bonds. The lowest BCUT2D eigenvalue weighted by Crippen LogP contribution is -2.43. The standard InChI is InChI=1S/C26H32ClN9O3/c1-14(16-11-18(27)17-12-30-33-20(17)21(16)35-9-5-7-15(28)13-35)31-24(37)19-22(32-25(38)39-26(2,3)4)34-36-10-6-8-29-23(19)36/h6,8,10-12,14-15H,5,7,9,13,28H2,1-4H3,(H,30,33)(H,31,37)(H,32,34,38). The predicted octanol–water partition coefficient (Wildman–Crippen LogP) is 4.02. The molecule has 0 bridgehead atoms. The molecule has 1 aliphatic rings. The second-order valence-electron chi connectivity index (χ2n) is 10.7. The fraction of sp³-hybridized carbons (Fsp3) is 0.423. The topological polar surface area (TPSA) is 156 Å². The molecular weight excluding hydrogens is 522 g/mol. The van der Waals surface area contributed by atoms with E-state index in [1.165, 1.54) is 4.52 Å². The third kappa shape index (κ3) is 5.48. The number of halogens is 1. The second-order valence-corrected chi connectivity index (χ2v) is 11.1. The number of fused-ring (bicyclic) bond motifs is 2. The molecule has 0 saturated carbocycles. The number of benzene rings is 1. The van der Waals surface area contributed by atoms with Gasteiger partial charge in [-0.3, -0.25) is 15.2 Å². The van der Waals surface area contributed by atoms with Crippen molar-refractivity contribution in [1.82, 2.24) is 30.1 Å². The van der Waals surface area contributed by atoms with Gasteiger partial charge in [0.2, 0.25) is 0 Å². The van der Waals surface area contributed by atoms with Crippen LogP contribution in [0.25, 0.3) is 16.6 Å². The minimum Gasteiger partial charge on any atom is -0.444 e. The molecule has 12 nitrogen and oxygen atoms in total. The van der Waals surface area contributed by atoms with Crippen molar-refractivity contribution >= 4 is 51.7 Å². The van der Waals surface area contributed by atoms with Gasteiger partial charge >= 0.3 is 6.09 Å². The first kappa shape index (κ1) is 26.7. The van der Waals surface area contributed by atoms with Gasteiger partial charge in [0.15, 0.2) is 11.5 Å². The molecule has 0 spiro atoms. The lowest BCUT2D eigenvalue weighted by atomic mass is 9.99. The highest BCUT2D eigenvalue weighted by Gasteiger charge is 2.29. The average molecular weight is 554 g/mol. The van der Waals surface area contributed by atoms with Crippen LogP contribution in [0.2, 0.25) is 5.02 Å². The SMILES string of the molecule is CC(NC(=O)c1c(NC(=O)OC(C)(C)C)nn2cccnc12)c1cc(Cl)c2c[nH]nc2c1N1CCCC(N)C1. The van der Waals surface area contributed by atoms with Crippen LogP contribution in [-0.4, -0.2) is 61.5 Å². The highest BCUT2D eigenvalue weighted by Crippen LogP contribution is 2.39. The number of nitrogens with one attached hydrogen (secondary N) is 3. The summed E-state index contributed by atoms with van der Waals surface area (Å²) in [5.41, 5.74) is 8.38. The number of nitrogens with zero attached hydrogens (tertiary/aromatic N) is 5. The first-order valence-electron chi connectivity index (χ1n) is 12.8. The van der Waals surface area contributed by atoms with Crippen LogP contribution in [0.15, 0.2) is 30.7 Å². The Labute approximate surface area is 230 Å². The summed E-state index contributed by atoms with van der Waals surface area (Å²) in [5.74, 6) is -0.433. The van der Waals surface area contributed by atoms with Crippen LogP contribution in [0, 0.1) is 0 Å². The van der Waals surface area contributed by atoms with E-state index in [-0.39, 0.29) is 23.1 Å². The summed E-state index contributed by atoms with van der Waals surface area (Å²) in [7, 11) is 0. The minimum absolute atomic E-state index is 0.0347. The number of H-pyrrole nitrogens is 1. The molecule has 2 atom stereocenters. The van der Waals surface area contributed by atoms with Crippen LogP contribution in [0.5, 0.6) is 0 Å². The van der Waals surface area contributed by atoms with Crippen LogP contribution in [0.4, 0.5) is 16.3 Å². The lowest BCUT2D eigenvalue weighted by molar-refractivity contribution is 0.0635. The normalized spacial score (nSPS) is 16.9. The molecule has 4 heterocycles. The Kier molecular flexibility index (Phi) is 7.08. The van der Waals surface area contributed by atoms with E-state index in [2.05, 4.69) is 35.8 Å². The van der Waals surface area contributed by atoms with Gasteiger partial charge in [-0.05, 0) is 52.7 Å². The first-order chi connectivity index (χ1) is 18.5. The average Bonchev–Trinajstić information content (AvgIpc) is 3.47. The number of hydrogen-bond donors (Lipinski definition) is 4. The van der Waals surface area contributed by atoms with Crippen LogP contribution in [-0.2, 0) is 4.74 Å². The van der Waals surface area contributed by atoms with Gasteiger partial charge in [-0.2, -0.15) is 5.10 Å². The number of piperidine rings is 1. The fourth-order valence-corrected chi connectivity index (χ4v) is 5.14. The van der Waals surface area contributed by atoms with Gasteiger partial charge in [-0.15, -0.1) is 5.10 Å². The van der Waals surface area contributed by atoms with Crippen LogP contribution >= 0.6 is 11.6 Å². The maximum absolute atomic E-state index is 13.7. The number of amides is 2. The number of anilines is 2. The van der Waals surface area contributed by atoms with Crippen molar-refractivity contribution < 1.29 is 14.3 Å². The molecule has 1 saturated heterocycles. The molecule has 39 heavy (non-hydrogen) atoms. The van der Waals surface area contributed by atoms with Gasteiger partial charge in [-0.25, -0.2) is 14.3 Å². The number of ether oxygens (including phenoxy) is 1. The Morgan fingerprint density at radius 2 is 2.13 bits per heavy atom. The summed E-state index contributed by atoms with van der Waals surface area (Å²) >= 11 is 6.64. The summed E-state index contributed by atoms with van der Waals surface area (Å²) in [4.78, 5) is 32.8. The van der Waals surface area contributed by atoms with E-state index in [9.17, 15) is 9.59 Å². The second kappa shape index (κ2) is 10.3. The number of hydrogen-bond acceptors (Lipinski definition) is 8. The first-order valence-corrected chi connectivity index (χ1v) is 13.2. The molecule has 1 aliphatic heterocycles. The number of aromatic amines is 1. The van der Waals surface area contributed by atoms with Crippen LogP contribution in [0.1, 0.15) is 62.5 Å². The van der Waals surface area contributed by atoms with Gasteiger partial charge < -0.3 is 20.7 Å². The monoisotopic (exact) mass is 553 g/mol. The number of nitrogens with two attached hydrogens (primary N) is 1. The fourth-order valence-electron chi connectivity index (χ4n) is 4.88. The number of carbonyl (C=O) groups is 2. The summed E-state index contributed by atoms with van der Waals surface area (Å²) < 4.78 is 6.80. The molecule has 4 aromatic rings. The maximum Gasteiger partial charge on any atom is 0.413 e. The molecule has 5 N–H and O–H groups in total. The molecule has 13 heteroatoms. The zero-order chi connectivity index (χ0) is 27.9. The van der Waals surface area contributed by atoms with Crippen molar-refractivity contribution in [2.75, 3.05) is 23.3 Å². The van der Waals surface area contributed by atoms with Crippen molar-refractivity contribution in [3.05, 3.63) is 46.9 Å². The van der Waals surface area contributed by atoms with E-state index in [0.29, 0.717) is 11.6 Å². The molecule has 1 fully saturated rings. The smallest absolute Gasteiger partial charge is 0.413 e. The largest absolute Gasteiger partial charge is 0.444 e. The third-order valence-corrected chi connectivity index (χ3v) is 6.82. The number of rotatable bonds is 5. The Morgan fingerprint density at radius 1 is 1.33 bits per heavy atom. The van der Waals surface area contributed by atoms with Crippen LogP contribution < -0.4 is 21.3 Å². The lowest BCUT2D eigenvalue weighted by Gasteiger charge is -2.35. The maximum atomic E-state index is 13.7. The van der Waals surface area contributed by atoms with Crippen LogP contribution in [0.3, 0.4) is 0 Å². The quantitative estimate of drug-likeness (QED) is 0.289. The van der Waals surface area contributed by atoms with Crippen molar-refractivity contribution in [2.45, 2.75) is 58.2 Å². The Morgan fingerprint density at radius 3 is 2.87 bits per heavy atom. The summed E-state index contributed by atoms with van der Waals surface area (Å²) in [6.07, 6.45) is 6.13. The molecule has 2 unspecified atom stereocenters. The Bertz CT molecular complexity index is 1540. The Balaban J connectivity index is 1.50. The van der Waals surface area contributed by atoms with Crippen molar-refractivity contribution in [3.8, 4) is 0 Å². The molecule has 3 aromatic heterocycles. The Hall–Kier alpha value is -3.90. The predicted molar refractivity (Wildman–Crippen MR) is 149 cm³/mol. The van der Waals surface area contributed by atoms with Crippen molar-refractivity contribution in [2.24, 2.45) is 5.73 Å². The number of carbonyl (C=O) groups excluding carboxylic acids is 2. The molecule has 5 rings (SSSR count). The molecule has 0 aliphatic carbocycles. The van der Waals surface area contributed by atoms with Crippen molar-refractivity contribution in [1.29, 1.82) is 0 Å². The minimum atomic E-state index is -0.729. The van der Waals surface area contributed by atoms with Gasteiger partial charge in [0.05, 0.1) is 16.8 Å². The molecule has 0 radical (unpaired) electrons. The summed E-state index contributed by atoms with van der Waals surface area (Å²) in [5, 5.41) is 18.7. The number of aromatic nitrogens is 5. The molecule has 206 valence electrons. The van der Waals surface area contributed by atoms with E-state index in [0.717, 1.165) is 41.5 Å². The van der Waals surface area contributed by atoms with Gasteiger partial charge in [0.25, 0.3) is 5.91 Å². The van der Waals surface area contributed by atoms with E-state index in [4.69, 9.17) is 22.1 Å². The van der Waals surface area contributed by atoms with E-state index in [1.807, 2.05) is 13.0 Å². The zero-order valence-electron chi connectivity index (χ0n) is 22.3. The van der Waals surface area contributed by atoms with Gasteiger partial charge in [0.1, 0.15) is 16.7 Å². The van der Waals surface area contributed by atoms with E-state index in [1.54, 1.807) is 45.4 Å². The van der Waals surface area contributed by atoms with Gasteiger partial charge in [0, 0.05) is 48.7 Å². The highest BCUT2D eigenvalue weighted by atomic mass is 35.5. The van der Waals surface area contributed by atoms with Crippen molar-refractivity contribution in [3.63, 3.8) is 0 Å². The molecule has 1 aromatic carbocycles. The summed E-state index contributed by atoms with van der Waals surface area (Å²) in [6.45, 7) is 8.60. The van der Waals surface area contributed by atoms with E-state index < -0.39 is 23.6 Å². The zero-order valence-corrected chi connectivity index (χ0v) is 23.0. The summed E-state index contributed by atoms with van der Waals surface area (Å²) in [6, 6.07) is 3.08. The molecular formula is C26H32ClN9O3. The van der Waals surface area contributed by atoms with Gasteiger partial charge in [-0.1, -0.05) is 11.6 Å². The third-order valence-electron chi connectivity index (χ3n) is 6.51. The van der Waals surface area contributed by atoms with E-state index >= 15 is 0 Å².